The van der Waals surface area contributed by atoms with Gasteiger partial charge >= 0.3 is 0 Å². The summed E-state index contributed by atoms with van der Waals surface area (Å²) < 4.78 is 6.02. The number of pyridine rings is 1. The molecule has 0 aliphatic carbocycles. The van der Waals surface area contributed by atoms with Crippen LogP contribution in [0.4, 0.5) is 0 Å². The summed E-state index contributed by atoms with van der Waals surface area (Å²) in [6, 6.07) is 0. The molecule has 0 spiro atoms. The predicted octanol–water partition coefficient (Wildman–Crippen LogP) is 1.62. The number of ether oxygens (including phenoxy) is 1. The summed E-state index contributed by atoms with van der Waals surface area (Å²) in [5, 5.41) is 0. The van der Waals surface area contributed by atoms with E-state index < -0.39 is 0 Å². The van der Waals surface area contributed by atoms with E-state index in [0.717, 1.165) is 15.6 Å². The van der Waals surface area contributed by atoms with Gasteiger partial charge in [0.2, 0.25) is 5.88 Å². The van der Waals surface area contributed by atoms with Crippen molar-refractivity contribution in [1.82, 2.24) is 4.98 Å². The van der Waals surface area contributed by atoms with Crippen molar-refractivity contribution >= 4 is 15.9 Å². The molecule has 0 radical (unpaired) electrons. The van der Waals surface area contributed by atoms with E-state index in [-0.39, 0.29) is 0 Å². The Morgan fingerprint density at radius 3 is 2.83 bits per heavy atom. The van der Waals surface area contributed by atoms with Gasteiger partial charge in [-0.15, -0.1) is 0 Å². The van der Waals surface area contributed by atoms with Crippen LogP contribution in [0.3, 0.4) is 0 Å². The van der Waals surface area contributed by atoms with Crippen LogP contribution < -0.4 is 10.5 Å². The molecule has 4 heteroatoms. The van der Waals surface area contributed by atoms with E-state index in [2.05, 4.69) is 20.9 Å². The molecular weight excluding hydrogens is 220 g/mol. The largest absolute Gasteiger partial charge is 0.481 e. The van der Waals surface area contributed by atoms with E-state index in [1.165, 1.54) is 0 Å². The molecule has 0 aliphatic rings. The zero-order valence-corrected chi connectivity index (χ0v) is 8.68. The first-order chi connectivity index (χ1) is 5.70. The van der Waals surface area contributed by atoms with Crippen molar-refractivity contribution in [2.75, 3.05) is 7.11 Å². The molecule has 0 aromatic carbocycles. The van der Waals surface area contributed by atoms with Crippen LogP contribution >= 0.6 is 15.9 Å². The summed E-state index contributed by atoms with van der Waals surface area (Å²) in [7, 11) is 1.59. The zero-order valence-electron chi connectivity index (χ0n) is 7.10. The Labute approximate surface area is 80.1 Å². The number of rotatable bonds is 2. The van der Waals surface area contributed by atoms with Gasteiger partial charge < -0.3 is 10.5 Å². The molecule has 66 valence electrons. The minimum Gasteiger partial charge on any atom is -0.481 e. The predicted molar refractivity (Wildman–Crippen MR) is 51.1 cm³/mol. The fourth-order valence-electron chi connectivity index (χ4n) is 1.01. The SMILES string of the molecule is COc1ncc(Br)c(C)c1CN. The van der Waals surface area contributed by atoms with Crippen molar-refractivity contribution in [3.05, 3.63) is 21.8 Å². The topological polar surface area (TPSA) is 48.1 Å². The third-order valence-electron chi connectivity index (χ3n) is 1.76. The van der Waals surface area contributed by atoms with Crippen LogP contribution in [0.25, 0.3) is 0 Å². The summed E-state index contributed by atoms with van der Waals surface area (Å²) in [6.45, 7) is 2.43. The van der Waals surface area contributed by atoms with Crippen LogP contribution in [0, 0.1) is 6.92 Å². The van der Waals surface area contributed by atoms with Crippen molar-refractivity contribution in [3.63, 3.8) is 0 Å². The fraction of sp³-hybridized carbons (Fsp3) is 0.375. The molecule has 0 aliphatic heterocycles. The van der Waals surface area contributed by atoms with Crippen molar-refractivity contribution in [2.45, 2.75) is 13.5 Å². The number of halogens is 1. The van der Waals surface area contributed by atoms with Crippen LogP contribution in [0.1, 0.15) is 11.1 Å². The molecule has 1 aromatic heterocycles. The molecule has 0 saturated carbocycles. The summed E-state index contributed by atoms with van der Waals surface area (Å²) >= 11 is 3.38. The van der Waals surface area contributed by atoms with Gasteiger partial charge in [0.15, 0.2) is 0 Å². The minimum absolute atomic E-state index is 0.446. The Morgan fingerprint density at radius 2 is 2.33 bits per heavy atom. The first kappa shape index (κ1) is 9.48. The molecule has 1 heterocycles. The second-order valence-electron chi connectivity index (χ2n) is 2.42. The molecular formula is C8H11BrN2O. The quantitative estimate of drug-likeness (QED) is 0.841. The second-order valence-corrected chi connectivity index (χ2v) is 3.28. The van der Waals surface area contributed by atoms with E-state index >= 15 is 0 Å². The standard InChI is InChI=1S/C8H11BrN2O/c1-5-6(3-10)8(12-2)11-4-7(5)9/h4H,3,10H2,1-2H3. The van der Waals surface area contributed by atoms with Crippen molar-refractivity contribution in [3.8, 4) is 5.88 Å². The third kappa shape index (κ3) is 1.59. The molecule has 1 aromatic rings. The van der Waals surface area contributed by atoms with Crippen LogP contribution in [-0.4, -0.2) is 12.1 Å². The molecule has 0 bridgehead atoms. The number of nitrogens with two attached hydrogens (primary N) is 1. The third-order valence-corrected chi connectivity index (χ3v) is 2.56. The van der Waals surface area contributed by atoms with Crippen LogP contribution in [0.2, 0.25) is 0 Å². The molecule has 3 nitrogen and oxygen atoms in total. The first-order valence-electron chi connectivity index (χ1n) is 3.58. The number of hydrogen-bond donors (Lipinski definition) is 1. The van der Waals surface area contributed by atoms with Crippen LogP contribution in [-0.2, 0) is 6.54 Å². The zero-order chi connectivity index (χ0) is 9.14. The van der Waals surface area contributed by atoms with E-state index in [1.54, 1.807) is 13.3 Å². The Kier molecular flexibility index (Phi) is 3.05. The number of aromatic nitrogens is 1. The molecule has 1 rings (SSSR count). The molecule has 0 unspecified atom stereocenters. The van der Waals surface area contributed by atoms with Gasteiger partial charge in [-0.3, -0.25) is 0 Å². The maximum absolute atomic E-state index is 5.56. The van der Waals surface area contributed by atoms with Crippen molar-refractivity contribution in [2.24, 2.45) is 5.73 Å². The highest BCUT2D eigenvalue weighted by Crippen LogP contribution is 2.24. The molecule has 0 atom stereocenters. The van der Waals surface area contributed by atoms with Crippen molar-refractivity contribution in [1.29, 1.82) is 0 Å². The number of methoxy groups -OCH3 is 1. The smallest absolute Gasteiger partial charge is 0.217 e. The summed E-state index contributed by atoms with van der Waals surface area (Å²) in [5.74, 6) is 0.609. The normalized spacial score (nSPS) is 10.0. The monoisotopic (exact) mass is 230 g/mol. The van der Waals surface area contributed by atoms with Gasteiger partial charge in [0.1, 0.15) is 0 Å². The number of nitrogens with zero attached hydrogens (tertiary/aromatic N) is 1. The highest BCUT2D eigenvalue weighted by atomic mass is 79.9. The molecule has 0 saturated heterocycles. The number of hydrogen-bond acceptors (Lipinski definition) is 3. The Bertz CT molecular complexity index is 289. The maximum Gasteiger partial charge on any atom is 0.217 e. The maximum atomic E-state index is 5.56. The lowest BCUT2D eigenvalue weighted by molar-refractivity contribution is 0.392. The first-order valence-corrected chi connectivity index (χ1v) is 4.38. The van der Waals surface area contributed by atoms with E-state index in [1.807, 2.05) is 6.92 Å². The van der Waals surface area contributed by atoms with Gasteiger partial charge in [0.05, 0.1) is 7.11 Å². The van der Waals surface area contributed by atoms with E-state index in [4.69, 9.17) is 10.5 Å². The second kappa shape index (κ2) is 3.87. The van der Waals surface area contributed by atoms with Crippen LogP contribution in [0.5, 0.6) is 5.88 Å². The Morgan fingerprint density at radius 1 is 1.67 bits per heavy atom. The highest BCUT2D eigenvalue weighted by molar-refractivity contribution is 9.10. The van der Waals surface area contributed by atoms with Gasteiger partial charge in [-0.1, -0.05) is 0 Å². The lowest BCUT2D eigenvalue weighted by Crippen LogP contribution is -2.04. The lowest BCUT2D eigenvalue weighted by atomic mass is 10.1. The fourth-order valence-corrected chi connectivity index (χ4v) is 1.35. The molecule has 12 heavy (non-hydrogen) atoms. The van der Waals surface area contributed by atoms with Crippen molar-refractivity contribution < 1.29 is 4.74 Å². The van der Waals surface area contributed by atoms with Crippen LogP contribution in [0.15, 0.2) is 10.7 Å². The highest BCUT2D eigenvalue weighted by Gasteiger charge is 2.08. The Balaban J connectivity index is 3.25. The van der Waals surface area contributed by atoms with Gasteiger partial charge in [-0.05, 0) is 28.4 Å². The van der Waals surface area contributed by atoms with Gasteiger partial charge in [0.25, 0.3) is 0 Å². The lowest BCUT2D eigenvalue weighted by Gasteiger charge is -2.09. The summed E-state index contributed by atoms with van der Waals surface area (Å²) in [6.07, 6.45) is 1.72. The summed E-state index contributed by atoms with van der Waals surface area (Å²) in [5.41, 5.74) is 7.59. The van der Waals surface area contributed by atoms with E-state index in [9.17, 15) is 0 Å². The molecule has 0 amide bonds. The van der Waals surface area contributed by atoms with Gasteiger partial charge in [0, 0.05) is 22.8 Å². The van der Waals surface area contributed by atoms with Gasteiger partial charge in [-0.2, -0.15) is 0 Å². The van der Waals surface area contributed by atoms with Gasteiger partial charge in [-0.25, -0.2) is 4.98 Å². The average molecular weight is 231 g/mol. The average Bonchev–Trinajstić information content (AvgIpc) is 2.09. The Hall–Kier alpha value is -0.610. The summed E-state index contributed by atoms with van der Waals surface area (Å²) in [4.78, 5) is 4.08. The molecule has 2 N–H and O–H groups in total. The van der Waals surface area contributed by atoms with E-state index in [0.29, 0.717) is 12.4 Å². The molecule has 0 fully saturated rings. The minimum atomic E-state index is 0.446.